The number of aromatic nitrogens is 1. The van der Waals surface area contributed by atoms with Crippen LogP contribution < -0.4 is 27.4 Å². The summed E-state index contributed by atoms with van der Waals surface area (Å²) in [5.74, 6) is -2.74. The van der Waals surface area contributed by atoms with Gasteiger partial charge in [0.25, 0.3) is 0 Å². The molecule has 11 nitrogen and oxygen atoms in total. The number of nitrogens with one attached hydrogen (secondary N) is 4. The van der Waals surface area contributed by atoms with Gasteiger partial charge in [-0.05, 0) is 56.2 Å². The Bertz CT molecular complexity index is 1040. The van der Waals surface area contributed by atoms with Gasteiger partial charge in [0.1, 0.15) is 12.1 Å². The quantitative estimate of drug-likeness (QED) is 0.171. The number of benzene rings is 1. The maximum absolute atomic E-state index is 12.8. The second-order valence-electron chi connectivity index (χ2n) is 9.32. The van der Waals surface area contributed by atoms with E-state index in [4.69, 9.17) is 11.5 Å². The van der Waals surface area contributed by atoms with Gasteiger partial charge in [0, 0.05) is 17.1 Å². The second-order valence-corrected chi connectivity index (χ2v) is 9.32. The smallest absolute Gasteiger partial charge is 0.326 e. The van der Waals surface area contributed by atoms with Gasteiger partial charge in [0.15, 0.2) is 0 Å². The number of aromatic amines is 1. The predicted octanol–water partition coefficient (Wildman–Crippen LogP) is 0.383. The van der Waals surface area contributed by atoms with Crippen LogP contribution >= 0.6 is 0 Å². The van der Waals surface area contributed by atoms with Crippen molar-refractivity contribution in [3.63, 3.8) is 0 Å². The number of carboxylic acids is 1. The topological polar surface area (TPSA) is 192 Å². The van der Waals surface area contributed by atoms with Gasteiger partial charge >= 0.3 is 5.97 Å². The lowest BCUT2D eigenvalue weighted by molar-refractivity contribution is -0.142. The van der Waals surface area contributed by atoms with Crippen LogP contribution in [0.2, 0.25) is 0 Å². The molecule has 2 aromatic rings. The molecule has 2 rings (SSSR count). The van der Waals surface area contributed by atoms with E-state index in [2.05, 4.69) is 20.9 Å². The van der Waals surface area contributed by atoms with Gasteiger partial charge in [-0.1, -0.05) is 32.0 Å². The van der Waals surface area contributed by atoms with Crippen molar-refractivity contribution >= 4 is 34.6 Å². The largest absolute Gasteiger partial charge is 0.480 e. The van der Waals surface area contributed by atoms with Crippen LogP contribution in [0.3, 0.4) is 0 Å². The fourth-order valence-electron chi connectivity index (χ4n) is 3.90. The monoisotopic (exact) mass is 502 g/mol. The maximum Gasteiger partial charge on any atom is 0.326 e. The lowest BCUT2D eigenvalue weighted by atomic mass is 10.0. The molecular weight excluding hydrogens is 464 g/mol. The summed E-state index contributed by atoms with van der Waals surface area (Å²) >= 11 is 0. The first-order chi connectivity index (χ1) is 17.1. The zero-order valence-electron chi connectivity index (χ0n) is 20.9. The molecular formula is C25H38N6O5. The molecule has 0 saturated heterocycles. The molecule has 11 heteroatoms. The minimum Gasteiger partial charge on any atom is -0.480 e. The van der Waals surface area contributed by atoms with E-state index in [1.807, 2.05) is 38.1 Å². The van der Waals surface area contributed by atoms with Crippen LogP contribution in [0.5, 0.6) is 0 Å². The molecule has 0 fully saturated rings. The van der Waals surface area contributed by atoms with E-state index in [1.165, 1.54) is 0 Å². The summed E-state index contributed by atoms with van der Waals surface area (Å²) in [6.07, 6.45) is 3.84. The Balaban J connectivity index is 1.90. The Morgan fingerprint density at radius 3 is 2.42 bits per heavy atom. The van der Waals surface area contributed by atoms with Crippen LogP contribution in [0.15, 0.2) is 30.5 Å². The Kier molecular flexibility index (Phi) is 11.4. The number of rotatable bonds is 15. The van der Waals surface area contributed by atoms with E-state index in [9.17, 15) is 24.3 Å². The highest BCUT2D eigenvalue weighted by molar-refractivity contribution is 5.93. The number of para-hydroxylation sites is 1. The van der Waals surface area contributed by atoms with Gasteiger partial charge < -0.3 is 37.5 Å². The van der Waals surface area contributed by atoms with Gasteiger partial charge in [-0.3, -0.25) is 14.4 Å². The number of amides is 3. The number of carboxylic acid groups (broad SMARTS) is 1. The molecule has 0 aliphatic heterocycles. The lowest BCUT2D eigenvalue weighted by Gasteiger charge is -2.23. The van der Waals surface area contributed by atoms with Crippen molar-refractivity contribution in [2.45, 2.75) is 64.1 Å². The van der Waals surface area contributed by atoms with Gasteiger partial charge in [-0.25, -0.2) is 4.79 Å². The zero-order chi connectivity index (χ0) is 26.7. The highest BCUT2D eigenvalue weighted by Gasteiger charge is 2.27. The summed E-state index contributed by atoms with van der Waals surface area (Å²) in [5, 5.41) is 18.0. The number of hydrogen-bond donors (Lipinski definition) is 7. The van der Waals surface area contributed by atoms with Gasteiger partial charge in [-0.2, -0.15) is 0 Å². The van der Waals surface area contributed by atoms with Gasteiger partial charge in [-0.15, -0.1) is 0 Å². The van der Waals surface area contributed by atoms with Crippen LogP contribution in [0.25, 0.3) is 10.9 Å². The first-order valence-corrected chi connectivity index (χ1v) is 12.2. The molecule has 36 heavy (non-hydrogen) atoms. The SMILES string of the molecule is CC(C)CC(NC(=O)CNC(=O)C(N)Cc1c[nH]c2ccccc12)C(=O)NC(CCCCN)C(=O)O. The molecule has 1 heterocycles. The summed E-state index contributed by atoms with van der Waals surface area (Å²) < 4.78 is 0. The van der Waals surface area contributed by atoms with Crippen molar-refractivity contribution in [2.24, 2.45) is 17.4 Å². The average molecular weight is 503 g/mol. The van der Waals surface area contributed by atoms with Crippen molar-refractivity contribution in [1.29, 1.82) is 0 Å². The molecule has 3 unspecified atom stereocenters. The molecule has 198 valence electrons. The molecule has 0 aliphatic carbocycles. The van der Waals surface area contributed by atoms with Crippen molar-refractivity contribution < 1.29 is 24.3 Å². The van der Waals surface area contributed by atoms with Crippen LogP contribution in [0.1, 0.15) is 45.1 Å². The normalized spacial score (nSPS) is 13.7. The van der Waals surface area contributed by atoms with E-state index >= 15 is 0 Å². The molecule has 1 aromatic heterocycles. The minimum atomic E-state index is -1.15. The van der Waals surface area contributed by atoms with E-state index in [1.54, 1.807) is 6.20 Å². The molecule has 9 N–H and O–H groups in total. The number of unbranched alkanes of at least 4 members (excludes halogenated alkanes) is 1. The average Bonchev–Trinajstić information content (AvgIpc) is 3.23. The van der Waals surface area contributed by atoms with E-state index < -0.39 is 41.8 Å². The number of carbonyl (C=O) groups is 4. The molecule has 0 saturated carbocycles. The predicted molar refractivity (Wildman–Crippen MR) is 137 cm³/mol. The number of hydrogen-bond acceptors (Lipinski definition) is 6. The highest BCUT2D eigenvalue weighted by Crippen LogP contribution is 2.18. The van der Waals surface area contributed by atoms with Gasteiger partial charge in [0.2, 0.25) is 17.7 Å². The summed E-state index contributed by atoms with van der Waals surface area (Å²) in [7, 11) is 0. The van der Waals surface area contributed by atoms with E-state index in [0.29, 0.717) is 25.8 Å². The fraction of sp³-hybridized carbons (Fsp3) is 0.520. The first-order valence-electron chi connectivity index (χ1n) is 12.2. The summed E-state index contributed by atoms with van der Waals surface area (Å²) in [6, 6.07) is 4.80. The number of aliphatic carboxylic acids is 1. The number of carbonyl (C=O) groups excluding carboxylic acids is 3. The lowest BCUT2D eigenvalue weighted by Crippen LogP contribution is -2.54. The summed E-state index contributed by atoms with van der Waals surface area (Å²) in [6.45, 7) is 3.84. The Morgan fingerprint density at radius 1 is 1.03 bits per heavy atom. The van der Waals surface area contributed by atoms with Crippen LogP contribution in [0, 0.1) is 5.92 Å². The standard InChI is InChI=1S/C25H38N6O5/c1-15(2)11-21(24(34)31-20(25(35)36)9-5-6-10-26)30-22(32)14-29-23(33)18(27)12-16-13-28-19-8-4-3-7-17(16)19/h3-4,7-8,13,15,18,20-21,28H,5-6,9-12,14,26-27H2,1-2H3,(H,29,33)(H,30,32)(H,31,34)(H,35,36). The Morgan fingerprint density at radius 2 is 1.75 bits per heavy atom. The second kappa shape index (κ2) is 14.2. The molecule has 0 radical (unpaired) electrons. The van der Waals surface area contributed by atoms with Crippen LogP contribution in [-0.4, -0.2) is 65.0 Å². The molecule has 0 bridgehead atoms. The summed E-state index contributed by atoms with van der Waals surface area (Å²) in [5.41, 5.74) is 13.3. The molecule has 1 aromatic carbocycles. The maximum atomic E-state index is 12.8. The zero-order valence-corrected chi connectivity index (χ0v) is 20.9. The Labute approximate surface area is 210 Å². The van der Waals surface area contributed by atoms with Crippen LogP contribution in [-0.2, 0) is 25.6 Å². The van der Waals surface area contributed by atoms with Crippen molar-refractivity contribution in [3.05, 3.63) is 36.0 Å². The van der Waals surface area contributed by atoms with Crippen LogP contribution in [0.4, 0.5) is 0 Å². The van der Waals surface area contributed by atoms with Gasteiger partial charge in [0.05, 0.1) is 12.6 Å². The minimum absolute atomic E-state index is 0.0563. The van der Waals surface area contributed by atoms with Crippen molar-refractivity contribution in [2.75, 3.05) is 13.1 Å². The summed E-state index contributed by atoms with van der Waals surface area (Å²) in [4.78, 5) is 52.4. The number of H-pyrrole nitrogens is 1. The highest BCUT2D eigenvalue weighted by atomic mass is 16.4. The third-order valence-electron chi connectivity index (χ3n) is 5.80. The number of nitrogens with two attached hydrogens (primary N) is 2. The third kappa shape index (κ3) is 8.97. The van der Waals surface area contributed by atoms with E-state index in [0.717, 1.165) is 16.5 Å². The first kappa shape index (κ1) is 28.8. The van der Waals surface area contributed by atoms with Crippen molar-refractivity contribution in [1.82, 2.24) is 20.9 Å². The molecule has 3 amide bonds. The molecule has 0 spiro atoms. The van der Waals surface area contributed by atoms with Crippen molar-refractivity contribution in [3.8, 4) is 0 Å². The Hall–Kier alpha value is -3.44. The van der Waals surface area contributed by atoms with E-state index in [-0.39, 0.29) is 25.3 Å². The fourth-order valence-corrected chi connectivity index (χ4v) is 3.90. The third-order valence-corrected chi connectivity index (χ3v) is 5.80. The molecule has 3 atom stereocenters. The number of fused-ring (bicyclic) bond motifs is 1. The molecule has 0 aliphatic rings.